The molecule has 1 amide bonds. The fourth-order valence-corrected chi connectivity index (χ4v) is 4.63. The molecule has 2 aromatic heterocycles. The molecule has 0 aliphatic rings. The van der Waals surface area contributed by atoms with Crippen molar-refractivity contribution in [1.82, 2.24) is 15.0 Å². The topological polar surface area (TPSA) is 96.6 Å². The van der Waals surface area contributed by atoms with E-state index in [2.05, 4.69) is 15.5 Å². The van der Waals surface area contributed by atoms with Gasteiger partial charge < -0.3 is 9.67 Å². The van der Waals surface area contributed by atoms with Crippen molar-refractivity contribution >= 4 is 51.4 Å². The van der Waals surface area contributed by atoms with Gasteiger partial charge in [-0.1, -0.05) is 30.0 Å². The van der Waals surface area contributed by atoms with Crippen LogP contribution < -0.4 is 5.43 Å². The maximum atomic E-state index is 12.1. The second-order valence-electron chi connectivity index (χ2n) is 6.19. The number of carboxylic acid groups (broad SMARTS) is 1. The molecule has 0 atom stereocenters. The molecule has 4 rings (SSSR count). The van der Waals surface area contributed by atoms with Gasteiger partial charge in [-0.15, -0.1) is 11.3 Å². The summed E-state index contributed by atoms with van der Waals surface area (Å²) >= 11 is 2.92. The van der Waals surface area contributed by atoms with E-state index in [9.17, 15) is 9.59 Å². The first-order valence-corrected chi connectivity index (χ1v) is 10.7. The summed E-state index contributed by atoms with van der Waals surface area (Å²) < 4.78 is 3.71. The summed E-state index contributed by atoms with van der Waals surface area (Å²) in [6, 6.07) is 18.1. The van der Waals surface area contributed by atoms with Gasteiger partial charge in [-0.05, 0) is 42.5 Å². The third-order valence-corrected chi connectivity index (χ3v) is 6.32. The van der Waals surface area contributed by atoms with Crippen LogP contribution in [0.1, 0.15) is 16.1 Å². The van der Waals surface area contributed by atoms with E-state index in [0.29, 0.717) is 11.4 Å². The van der Waals surface area contributed by atoms with Crippen molar-refractivity contribution < 1.29 is 14.7 Å². The van der Waals surface area contributed by atoms with Crippen LogP contribution in [0, 0.1) is 0 Å². The average molecular weight is 437 g/mol. The summed E-state index contributed by atoms with van der Waals surface area (Å²) in [6.07, 6.45) is 3.32. The molecule has 9 heteroatoms. The molecule has 2 N–H and O–H groups in total. The van der Waals surface area contributed by atoms with Crippen LogP contribution in [-0.4, -0.2) is 38.5 Å². The minimum atomic E-state index is -0.989. The number of aromatic carboxylic acids is 1. The van der Waals surface area contributed by atoms with Gasteiger partial charge in [0, 0.05) is 11.9 Å². The Morgan fingerprint density at radius 2 is 2.03 bits per heavy atom. The van der Waals surface area contributed by atoms with Gasteiger partial charge in [-0.2, -0.15) is 5.10 Å². The zero-order valence-corrected chi connectivity index (χ0v) is 17.2. The van der Waals surface area contributed by atoms with E-state index in [1.54, 1.807) is 40.3 Å². The monoisotopic (exact) mass is 436 g/mol. The number of thiazole rings is 1. The fraction of sp³-hybridized carbons (Fsp3) is 0.0476. The van der Waals surface area contributed by atoms with Gasteiger partial charge in [-0.3, -0.25) is 4.79 Å². The number of rotatable bonds is 7. The quantitative estimate of drug-likeness (QED) is 0.259. The maximum absolute atomic E-state index is 12.1. The standard InChI is InChI=1S/C21H16N4O3S2/c26-19(13-29-21-23-17-8-1-2-9-18(17)30-21)24-22-12-16-7-4-10-25(16)15-6-3-5-14(11-15)20(27)28/h1-12H,13H2,(H,24,26)(H,27,28)/b22-12+. The van der Waals surface area contributed by atoms with E-state index in [0.717, 1.165) is 14.6 Å². The Hall–Kier alpha value is -3.43. The molecular formula is C21H16N4O3S2. The number of para-hydroxylation sites is 1. The van der Waals surface area contributed by atoms with E-state index in [-0.39, 0.29) is 17.2 Å². The van der Waals surface area contributed by atoms with Crippen LogP contribution in [0.5, 0.6) is 0 Å². The molecule has 2 aromatic carbocycles. The fourth-order valence-electron chi connectivity index (χ4n) is 2.77. The Labute approximate surface area is 180 Å². The van der Waals surface area contributed by atoms with Gasteiger partial charge in [0.05, 0.1) is 33.4 Å². The van der Waals surface area contributed by atoms with Gasteiger partial charge in [0.1, 0.15) is 0 Å². The molecule has 30 heavy (non-hydrogen) atoms. The van der Waals surface area contributed by atoms with E-state index < -0.39 is 5.97 Å². The number of amides is 1. The number of carboxylic acids is 1. The lowest BCUT2D eigenvalue weighted by Gasteiger charge is -2.07. The number of nitrogens with one attached hydrogen (secondary N) is 1. The van der Waals surface area contributed by atoms with Crippen LogP contribution in [0.4, 0.5) is 0 Å². The van der Waals surface area contributed by atoms with Gasteiger partial charge >= 0.3 is 5.97 Å². The largest absolute Gasteiger partial charge is 0.478 e. The van der Waals surface area contributed by atoms with Gasteiger partial charge in [-0.25, -0.2) is 15.2 Å². The Kier molecular flexibility index (Phi) is 5.92. The van der Waals surface area contributed by atoms with Crippen LogP contribution >= 0.6 is 23.1 Å². The molecule has 0 bridgehead atoms. The second kappa shape index (κ2) is 8.93. The molecule has 0 radical (unpaired) electrons. The Morgan fingerprint density at radius 3 is 2.87 bits per heavy atom. The zero-order chi connectivity index (χ0) is 20.9. The van der Waals surface area contributed by atoms with Crippen molar-refractivity contribution in [3.05, 3.63) is 78.1 Å². The van der Waals surface area contributed by atoms with E-state index >= 15 is 0 Å². The highest BCUT2D eigenvalue weighted by atomic mass is 32.2. The summed E-state index contributed by atoms with van der Waals surface area (Å²) in [5.41, 5.74) is 5.04. The molecule has 0 spiro atoms. The minimum absolute atomic E-state index is 0.198. The highest BCUT2D eigenvalue weighted by Gasteiger charge is 2.08. The number of thioether (sulfide) groups is 1. The summed E-state index contributed by atoms with van der Waals surface area (Å²) in [4.78, 5) is 27.8. The van der Waals surface area contributed by atoms with E-state index in [1.807, 2.05) is 36.4 Å². The lowest BCUT2D eigenvalue weighted by molar-refractivity contribution is -0.118. The van der Waals surface area contributed by atoms with Crippen LogP contribution in [-0.2, 0) is 4.79 Å². The molecule has 0 aliphatic heterocycles. The SMILES string of the molecule is O=C(CSc1nc2ccccc2s1)N/N=C/c1cccn1-c1cccc(C(=O)O)c1. The number of fused-ring (bicyclic) bond motifs is 1. The number of hydrogen-bond acceptors (Lipinski definition) is 6. The third kappa shape index (κ3) is 4.58. The van der Waals surface area contributed by atoms with Crippen LogP contribution in [0.3, 0.4) is 0 Å². The second-order valence-corrected chi connectivity index (χ2v) is 8.44. The molecule has 0 fully saturated rings. The van der Waals surface area contributed by atoms with Crippen molar-refractivity contribution in [3.63, 3.8) is 0 Å². The maximum Gasteiger partial charge on any atom is 0.335 e. The number of aromatic nitrogens is 2. The van der Waals surface area contributed by atoms with E-state index in [4.69, 9.17) is 5.11 Å². The normalized spacial score (nSPS) is 11.2. The highest BCUT2D eigenvalue weighted by molar-refractivity contribution is 8.01. The van der Waals surface area contributed by atoms with Gasteiger partial charge in [0.15, 0.2) is 4.34 Å². The van der Waals surface area contributed by atoms with Crippen molar-refractivity contribution in [2.75, 3.05) is 5.75 Å². The molecule has 7 nitrogen and oxygen atoms in total. The summed E-state index contributed by atoms with van der Waals surface area (Å²) in [7, 11) is 0. The zero-order valence-electron chi connectivity index (χ0n) is 15.6. The molecule has 0 aliphatic carbocycles. The smallest absolute Gasteiger partial charge is 0.335 e. The van der Waals surface area contributed by atoms with Crippen LogP contribution in [0.2, 0.25) is 0 Å². The molecule has 150 valence electrons. The third-order valence-electron chi connectivity index (χ3n) is 4.14. The molecule has 0 unspecified atom stereocenters. The Morgan fingerprint density at radius 1 is 1.17 bits per heavy atom. The molecule has 0 saturated heterocycles. The first-order chi connectivity index (χ1) is 14.6. The van der Waals surface area contributed by atoms with Crippen molar-refractivity contribution in [1.29, 1.82) is 0 Å². The first kappa shape index (κ1) is 19.9. The molecule has 4 aromatic rings. The number of hydrazone groups is 1. The lowest BCUT2D eigenvalue weighted by atomic mass is 10.2. The molecule has 2 heterocycles. The Bertz CT molecular complexity index is 1210. The first-order valence-electron chi connectivity index (χ1n) is 8.91. The predicted molar refractivity (Wildman–Crippen MR) is 119 cm³/mol. The Balaban J connectivity index is 1.37. The lowest BCUT2D eigenvalue weighted by Crippen LogP contribution is -2.19. The number of carbonyl (C=O) groups excluding carboxylic acids is 1. The van der Waals surface area contributed by atoms with Gasteiger partial charge in [0.2, 0.25) is 0 Å². The van der Waals surface area contributed by atoms with Crippen molar-refractivity contribution in [2.45, 2.75) is 4.34 Å². The summed E-state index contributed by atoms with van der Waals surface area (Å²) in [6.45, 7) is 0. The van der Waals surface area contributed by atoms with E-state index in [1.165, 1.54) is 24.0 Å². The number of hydrogen-bond donors (Lipinski definition) is 2. The summed E-state index contributed by atoms with van der Waals surface area (Å²) in [5, 5.41) is 13.2. The van der Waals surface area contributed by atoms with Gasteiger partial charge in [0.25, 0.3) is 5.91 Å². The van der Waals surface area contributed by atoms with Crippen molar-refractivity contribution in [3.8, 4) is 5.69 Å². The van der Waals surface area contributed by atoms with Crippen LogP contribution in [0.25, 0.3) is 15.9 Å². The number of benzene rings is 2. The average Bonchev–Trinajstić information content (AvgIpc) is 3.39. The minimum Gasteiger partial charge on any atom is -0.478 e. The molecule has 0 saturated carbocycles. The summed E-state index contributed by atoms with van der Waals surface area (Å²) in [5.74, 6) is -1.02. The highest BCUT2D eigenvalue weighted by Crippen LogP contribution is 2.29. The van der Waals surface area contributed by atoms with Crippen molar-refractivity contribution in [2.24, 2.45) is 5.10 Å². The number of nitrogens with zero attached hydrogens (tertiary/aromatic N) is 3. The number of carbonyl (C=O) groups is 2. The van der Waals surface area contributed by atoms with Crippen LogP contribution in [0.15, 0.2) is 76.3 Å². The predicted octanol–water partition coefficient (Wildman–Crippen LogP) is 4.03. The molecular weight excluding hydrogens is 420 g/mol.